The van der Waals surface area contributed by atoms with Gasteiger partial charge >= 0.3 is 0 Å². The molecular formula is C28H22. The average Bonchev–Trinajstić information content (AvgIpc) is 3.31. The van der Waals surface area contributed by atoms with E-state index in [1.165, 1.54) is 57.4 Å². The van der Waals surface area contributed by atoms with E-state index in [0.717, 1.165) is 0 Å². The van der Waals surface area contributed by atoms with Gasteiger partial charge in [0.15, 0.2) is 0 Å². The average molecular weight is 358 g/mol. The Bertz CT molecular complexity index is 1070. The molecule has 28 heavy (non-hydrogen) atoms. The topological polar surface area (TPSA) is 0 Å². The molecule has 0 radical (unpaired) electrons. The van der Waals surface area contributed by atoms with Crippen LogP contribution in [0.15, 0.2) is 96.1 Å². The minimum absolute atomic E-state index is 0.513. The summed E-state index contributed by atoms with van der Waals surface area (Å²) in [6.45, 7) is 0. The van der Waals surface area contributed by atoms with Gasteiger partial charge in [-0.3, -0.25) is 0 Å². The monoisotopic (exact) mass is 358 g/mol. The van der Waals surface area contributed by atoms with Crippen molar-refractivity contribution in [1.29, 1.82) is 0 Å². The van der Waals surface area contributed by atoms with E-state index in [9.17, 15) is 0 Å². The van der Waals surface area contributed by atoms with Gasteiger partial charge in [0.25, 0.3) is 0 Å². The summed E-state index contributed by atoms with van der Waals surface area (Å²) >= 11 is 0. The molecule has 0 heteroatoms. The Labute approximate surface area is 166 Å². The fourth-order valence-electron chi connectivity index (χ4n) is 5.17. The SMILES string of the molecule is C1=CC(CCC2C=CC=C3C2=Cc2ccccc23)C2=Cc3ccccc3C2=C1. The lowest BCUT2D eigenvalue weighted by molar-refractivity contribution is 0.579. The molecule has 6 rings (SSSR count). The summed E-state index contributed by atoms with van der Waals surface area (Å²) in [6.07, 6.45) is 21.0. The molecule has 2 aromatic rings. The Morgan fingerprint density at radius 3 is 1.54 bits per heavy atom. The predicted octanol–water partition coefficient (Wildman–Crippen LogP) is 7.10. The highest BCUT2D eigenvalue weighted by Crippen LogP contribution is 2.46. The van der Waals surface area contributed by atoms with Gasteiger partial charge in [0.1, 0.15) is 0 Å². The molecule has 0 N–H and O–H groups in total. The summed E-state index contributed by atoms with van der Waals surface area (Å²) < 4.78 is 0. The molecule has 2 atom stereocenters. The molecule has 0 fully saturated rings. The quantitative estimate of drug-likeness (QED) is 0.549. The van der Waals surface area contributed by atoms with Crippen LogP contribution < -0.4 is 0 Å². The van der Waals surface area contributed by atoms with Crippen LogP contribution in [0.1, 0.15) is 35.1 Å². The molecule has 0 heterocycles. The van der Waals surface area contributed by atoms with Crippen molar-refractivity contribution in [3.8, 4) is 0 Å². The largest absolute Gasteiger partial charge is 0.0770 e. The third kappa shape index (κ3) is 2.38. The second-order valence-electron chi connectivity index (χ2n) is 8.09. The molecule has 2 aromatic carbocycles. The molecule has 0 spiro atoms. The number of benzene rings is 2. The van der Waals surface area contributed by atoms with Gasteiger partial charge in [-0.15, -0.1) is 0 Å². The minimum Gasteiger partial charge on any atom is -0.0770 e. The predicted molar refractivity (Wildman–Crippen MR) is 119 cm³/mol. The fraction of sp³-hybridized carbons (Fsp3) is 0.143. The van der Waals surface area contributed by atoms with Gasteiger partial charge in [-0.25, -0.2) is 0 Å². The second-order valence-corrected chi connectivity index (χ2v) is 8.09. The molecule has 4 aliphatic rings. The van der Waals surface area contributed by atoms with Crippen molar-refractivity contribution in [2.75, 3.05) is 0 Å². The summed E-state index contributed by atoms with van der Waals surface area (Å²) in [5.74, 6) is 1.03. The highest BCUT2D eigenvalue weighted by molar-refractivity contribution is 5.97. The van der Waals surface area contributed by atoms with E-state index < -0.39 is 0 Å². The van der Waals surface area contributed by atoms with E-state index in [0.29, 0.717) is 11.8 Å². The van der Waals surface area contributed by atoms with E-state index in [4.69, 9.17) is 0 Å². The maximum absolute atomic E-state index is 2.40. The Morgan fingerprint density at radius 1 is 0.571 bits per heavy atom. The van der Waals surface area contributed by atoms with Gasteiger partial charge in [0, 0.05) is 11.8 Å². The molecule has 0 nitrogen and oxygen atoms in total. The van der Waals surface area contributed by atoms with Crippen molar-refractivity contribution in [2.45, 2.75) is 12.8 Å². The molecule has 0 aliphatic heterocycles. The highest BCUT2D eigenvalue weighted by atomic mass is 14.3. The van der Waals surface area contributed by atoms with Crippen molar-refractivity contribution < 1.29 is 0 Å². The molecule has 0 aromatic heterocycles. The van der Waals surface area contributed by atoms with Crippen LogP contribution in [0.3, 0.4) is 0 Å². The molecule has 0 amide bonds. The van der Waals surface area contributed by atoms with E-state index >= 15 is 0 Å². The van der Waals surface area contributed by atoms with Crippen molar-refractivity contribution in [2.24, 2.45) is 11.8 Å². The molecule has 0 saturated heterocycles. The van der Waals surface area contributed by atoms with Gasteiger partial charge in [0.05, 0.1) is 0 Å². The fourth-order valence-corrected chi connectivity index (χ4v) is 5.17. The normalized spacial score (nSPS) is 23.1. The second kappa shape index (κ2) is 6.21. The van der Waals surface area contributed by atoms with Crippen molar-refractivity contribution in [1.82, 2.24) is 0 Å². The van der Waals surface area contributed by atoms with Crippen LogP contribution >= 0.6 is 0 Å². The zero-order valence-electron chi connectivity index (χ0n) is 15.8. The first-order valence-corrected chi connectivity index (χ1v) is 10.3. The Hall–Kier alpha value is -3.12. The van der Waals surface area contributed by atoms with Gasteiger partial charge < -0.3 is 0 Å². The molecular weight excluding hydrogens is 336 g/mol. The van der Waals surface area contributed by atoms with E-state index in [1.54, 1.807) is 0 Å². The third-order valence-corrected chi connectivity index (χ3v) is 6.55. The van der Waals surface area contributed by atoms with Crippen LogP contribution in [0.25, 0.3) is 23.3 Å². The van der Waals surface area contributed by atoms with Gasteiger partial charge in [-0.1, -0.05) is 85.0 Å². The summed E-state index contributed by atoms with van der Waals surface area (Å²) in [7, 11) is 0. The number of hydrogen-bond donors (Lipinski definition) is 0. The Balaban J connectivity index is 1.23. The number of allylic oxidation sites excluding steroid dienone is 10. The lowest BCUT2D eigenvalue weighted by Crippen LogP contribution is -2.09. The standard InChI is InChI=1S/C28H22/c1-3-11-23-21(7-1)17-27-19(9-5-13-25(23)27)15-16-20-10-6-14-26-24-12-4-2-8-22(24)18-28(20)26/h1-14,17-20H,15-16H2. The third-order valence-electron chi connectivity index (χ3n) is 6.55. The first-order chi connectivity index (χ1) is 13.9. The molecule has 134 valence electrons. The van der Waals surface area contributed by atoms with Crippen LogP contribution in [-0.4, -0.2) is 0 Å². The number of hydrogen-bond acceptors (Lipinski definition) is 0. The highest BCUT2D eigenvalue weighted by Gasteiger charge is 2.29. The van der Waals surface area contributed by atoms with Crippen LogP contribution in [-0.2, 0) is 0 Å². The lowest BCUT2D eigenvalue weighted by atomic mass is 9.80. The minimum atomic E-state index is 0.513. The lowest BCUT2D eigenvalue weighted by Gasteiger charge is -2.24. The van der Waals surface area contributed by atoms with E-state index in [2.05, 4.69) is 97.1 Å². The van der Waals surface area contributed by atoms with E-state index in [-0.39, 0.29) is 0 Å². The number of fused-ring (bicyclic) bond motifs is 6. The molecule has 0 bridgehead atoms. The van der Waals surface area contributed by atoms with Crippen molar-refractivity contribution in [3.05, 3.63) is 118 Å². The van der Waals surface area contributed by atoms with E-state index in [1.807, 2.05) is 0 Å². The van der Waals surface area contributed by atoms with Crippen molar-refractivity contribution >= 4 is 23.3 Å². The van der Waals surface area contributed by atoms with Crippen molar-refractivity contribution in [3.63, 3.8) is 0 Å². The van der Waals surface area contributed by atoms with Gasteiger partial charge in [0.2, 0.25) is 0 Å². The summed E-state index contributed by atoms with van der Waals surface area (Å²) in [5.41, 5.74) is 11.4. The summed E-state index contributed by atoms with van der Waals surface area (Å²) in [6, 6.07) is 17.6. The zero-order valence-corrected chi connectivity index (χ0v) is 15.8. The van der Waals surface area contributed by atoms with Crippen LogP contribution in [0, 0.1) is 11.8 Å². The first kappa shape index (κ1) is 15.9. The van der Waals surface area contributed by atoms with Crippen LogP contribution in [0.5, 0.6) is 0 Å². The van der Waals surface area contributed by atoms with Crippen LogP contribution in [0.4, 0.5) is 0 Å². The summed E-state index contributed by atoms with van der Waals surface area (Å²) in [4.78, 5) is 0. The molecule has 0 saturated carbocycles. The van der Waals surface area contributed by atoms with Crippen LogP contribution in [0.2, 0.25) is 0 Å². The smallest absolute Gasteiger partial charge is 0.00277 e. The first-order valence-electron chi connectivity index (χ1n) is 10.3. The van der Waals surface area contributed by atoms with Gasteiger partial charge in [-0.2, -0.15) is 0 Å². The maximum atomic E-state index is 2.40. The molecule has 2 unspecified atom stereocenters. The Morgan fingerprint density at radius 2 is 1.04 bits per heavy atom. The molecule has 4 aliphatic carbocycles. The Kier molecular flexibility index (Phi) is 3.52. The number of rotatable bonds is 3. The van der Waals surface area contributed by atoms with Gasteiger partial charge in [-0.05, 0) is 69.5 Å². The maximum Gasteiger partial charge on any atom is 0.00277 e. The summed E-state index contributed by atoms with van der Waals surface area (Å²) in [5, 5.41) is 0. The zero-order chi connectivity index (χ0) is 18.5.